The minimum atomic E-state index is -0.982. The monoisotopic (exact) mass is 310 g/mol. The molecular weight excluding hydrogens is 300 g/mol. The van der Waals surface area contributed by atoms with Gasteiger partial charge in [-0.15, -0.1) is 23.1 Å². The fraction of sp³-hybridized carbons (Fsp3) is 0.250. The van der Waals surface area contributed by atoms with E-state index in [-0.39, 0.29) is 11.6 Å². The molecule has 8 heteroatoms. The van der Waals surface area contributed by atoms with Crippen LogP contribution in [0.1, 0.15) is 10.5 Å². The molecule has 1 N–H and O–H groups in total. The Labute approximate surface area is 122 Å². The molecule has 0 radical (unpaired) electrons. The number of rotatable bonds is 3. The number of nitrogens with zero attached hydrogens (tertiary/aromatic N) is 2. The Balaban J connectivity index is 1.83. The first-order valence-corrected chi connectivity index (χ1v) is 7.81. The van der Waals surface area contributed by atoms with Crippen molar-refractivity contribution in [2.75, 3.05) is 11.6 Å². The molecule has 3 rings (SSSR count). The van der Waals surface area contributed by atoms with Crippen molar-refractivity contribution >= 4 is 35.0 Å². The summed E-state index contributed by atoms with van der Waals surface area (Å²) in [5.41, 5.74) is 0.259. The van der Waals surface area contributed by atoms with E-state index in [1.165, 1.54) is 34.3 Å². The second-order valence-electron chi connectivity index (χ2n) is 4.14. The number of thioether (sulfide) groups is 1. The molecule has 0 bridgehead atoms. The molecule has 0 aromatic carbocycles. The molecule has 1 atom stereocenters. The van der Waals surface area contributed by atoms with Gasteiger partial charge in [-0.25, -0.2) is 9.78 Å². The van der Waals surface area contributed by atoms with Crippen LogP contribution in [-0.2, 0) is 4.79 Å². The van der Waals surface area contributed by atoms with Crippen LogP contribution in [0.25, 0.3) is 10.8 Å². The van der Waals surface area contributed by atoms with Crippen LogP contribution < -0.4 is 0 Å². The molecule has 104 valence electrons. The number of amides is 1. The van der Waals surface area contributed by atoms with Crippen LogP contribution in [0.5, 0.6) is 0 Å². The van der Waals surface area contributed by atoms with Gasteiger partial charge in [0.25, 0.3) is 5.91 Å². The lowest BCUT2D eigenvalue weighted by molar-refractivity contribution is -0.140. The summed E-state index contributed by atoms with van der Waals surface area (Å²) in [5.74, 6) is 0.0561. The number of carboxylic acids is 1. The minimum absolute atomic E-state index is 0.259. The van der Waals surface area contributed by atoms with Crippen LogP contribution in [0.2, 0.25) is 0 Å². The summed E-state index contributed by atoms with van der Waals surface area (Å²) in [7, 11) is 0. The standard InChI is InChI=1S/C12H10N2O4S2/c15-11(14-6-19-5-8(14)12(16)17)7-4-20-10(13-7)9-2-1-3-18-9/h1-4,8H,5-6H2,(H,16,17)/t8-/m0/s1. The number of hydrogen-bond donors (Lipinski definition) is 1. The average Bonchev–Trinajstić information content (AvgIpc) is 3.17. The maximum Gasteiger partial charge on any atom is 0.327 e. The summed E-state index contributed by atoms with van der Waals surface area (Å²) in [6.07, 6.45) is 1.54. The third-order valence-electron chi connectivity index (χ3n) is 2.88. The third-order valence-corrected chi connectivity index (χ3v) is 4.75. The molecule has 3 heterocycles. The van der Waals surface area contributed by atoms with Crippen LogP contribution in [0.3, 0.4) is 0 Å². The fourth-order valence-corrected chi connectivity index (χ4v) is 3.79. The first-order chi connectivity index (χ1) is 9.66. The normalized spacial score (nSPS) is 18.4. The van der Waals surface area contributed by atoms with Gasteiger partial charge in [0, 0.05) is 11.1 Å². The molecule has 0 spiro atoms. The van der Waals surface area contributed by atoms with E-state index in [1.807, 2.05) is 0 Å². The second kappa shape index (κ2) is 5.29. The molecule has 20 heavy (non-hydrogen) atoms. The molecule has 1 fully saturated rings. The Kier molecular flexibility index (Phi) is 3.49. The van der Waals surface area contributed by atoms with E-state index in [1.54, 1.807) is 17.5 Å². The van der Waals surface area contributed by atoms with Gasteiger partial charge in [0.2, 0.25) is 0 Å². The van der Waals surface area contributed by atoms with Crippen molar-refractivity contribution < 1.29 is 19.1 Å². The molecule has 0 saturated carbocycles. The van der Waals surface area contributed by atoms with Crippen LogP contribution in [0.15, 0.2) is 28.2 Å². The van der Waals surface area contributed by atoms with Crippen LogP contribution in [-0.4, -0.2) is 44.5 Å². The van der Waals surface area contributed by atoms with Gasteiger partial charge in [0.05, 0.1) is 12.1 Å². The molecule has 1 aliphatic rings. The summed E-state index contributed by atoms with van der Waals surface area (Å²) in [6, 6.07) is 2.73. The lowest BCUT2D eigenvalue weighted by Crippen LogP contribution is -2.41. The first-order valence-electron chi connectivity index (χ1n) is 5.78. The maximum atomic E-state index is 12.3. The Hall–Kier alpha value is -1.80. The molecular formula is C12H10N2O4S2. The highest BCUT2D eigenvalue weighted by Gasteiger charge is 2.35. The summed E-state index contributed by atoms with van der Waals surface area (Å²) in [5, 5.41) is 11.3. The number of aromatic nitrogens is 1. The molecule has 2 aromatic heterocycles. The topological polar surface area (TPSA) is 83.6 Å². The molecule has 1 saturated heterocycles. The van der Waals surface area contributed by atoms with Crippen LogP contribution >= 0.6 is 23.1 Å². The fourth-order valence-electron chi connectivity index (χ4n) is 1.88. The first kappa shape index (κ1) is 13.2. The van der Waals surface area contributed by atoms with Crippen molar-refractivity contribution in [2.24, 2.45) is 0 Å². The lowest BCUT2D eigenvalue weighted by Gasteiger charge is -2.18. The summed E-state index contributed by atoms with van der Waals surface area (Å²) >= 11 is 2.72. The van der Waals surface area contributed by atoms with Crippen molar-refractivity contribution in [1.82, 2.24) is 9.88 Å². The number of aliphatic carboxylic acids is 1. The van der Waals surface area contributed by atoms with Crippen molar-refractivity contribution in [2.45, 2.75) is 6.04 Å². The van der Waals surface area contributed by atoms with E-state index >= 15 is 0 Å². The van der Waals surface area contributed by atoms with Gasteiger partial charge in [-0.05, 0) is 12.1 Å². The quantitative estimate of drug-likeness (QED) is 0.933. The van der Waals surface area contributed by atoms with Crippen molar-refractivity contribution in [3.63, 3.8) is 0 Å². The Morgan fingerprint density at radius 1 is 1.50 bits per heavy atom. The highest BCUT2D eigenvalue weighted by atomic mass is 32.2. The molecule has 6 nitrogen and oxygen atoms in total. The Morgan fingerprint density at radius 2 is 2.35 bits per heavy atom. The van der Waals surface area contributed by atoms with E-state index in [9.17, 15) is 9.59 Å². The highest BCUT2D eigenvalue weighted by Crippen LogP contribution is 2.27. The number of carboxylic acid groups (broad SMARTS) is 1. The van der Waals surface area contributed by atoms with Gasteiger partial charge >= 0.3 is 5.97 Å². The van der Waals surface area contributed by atoms with E-state index in [4.69, 9.17) is 9.52 Å². The third kappa shape index (κ3) is 2.32. The SMILES string of the molecule is O=C(O)[C@@H]1CSCN1C(=O)c1csc(-c2ccco2)n1. The molecule has 0 aliphatic carbocycles. The van der Waals surface area contributed by atoms with Gasteiger partial charge in [-0.2, -0.15) is 0 Å². The number of carbonyl (C=O) groups is 2. The zero-order valence-corrected chi connectivity index (χ0v) is 11.8. The smallest absolute Gasteiger partial charge is 0.327 e. The number of carbonyl (C=O) groups excluding carboxylic acids is 1. The Morgan fingerprint density at radius 3 is 3.05 bits per heavy atom. The number of furan rings is 1. The largest absolute Gasteiger partial charge is 0.480 e. The summed E-state index contributed by atoms with van der Waals surface area (Å²) in [4.78, 5) is 29.0. The zero-order chi connectivity index (χ0) is 14.1. The maximum absolute atomic E-state index is 12.3. The number of thiazole rings is 1. The summed E-state index contributed by atoms with van der Waals surface area (Å²) in [6.45, 7) is 0. The average molecular weight is 310 g/mol. The zero-order valence-electron chi connectivity index (χ0n) is 10.2. The predicted octanol–water partition coefficient (Wildman–Crippen LogP) is 2.00. The molecule has 1 amide bonds. The molecule has 2 aromatic rings. The lowest BCUT2D eigenvalue weighted by atomic mass is 10.3. The van der Waals surface area contributed by atoms with E-state index in [2.05, 4.69) is 4.98 Å². The van der Waals surface area contributed by atoms with E-state index < -0.39 is 12.0 Å². The van der Waals surface area contributed by atoms with Gasteiger partial charge in [0.15, 0.2) is 10.8 Å². The Bertz CT molecular complexity index is 638. The molecule has 0 unspecified atom stereocenters. The minimum Gasteiger partial charge on any atom is -0.480 e. The van der Waals surface area contributed by atoms with Crippen LogP contribution in [0.4, 0.5) is 0 Å². The van der Waals surface area contributed by atoms with E-state index in [0.717, 1.165) is 0 Å². The van der Waals surface area contributed by atoms with Gasteiger partial charge in [-0.1, -0.05) is 0 Å². The van der Waals surface area contributed by atoms with Crippen LogP contribution in [0, 0.1) is 0 Å². The summed E-state index contributed by atoms with van der Waals surface area (Å²) < 4.78 is 5.22. The molecule has 1 aliphatic heterocycles. The van der Waals surface area contributed by atoms with Crippen molar-refractivity contribution in [1.29, 1.82) is 0 Å². The van der Waals surface area contributed by atoms with Gasteiger partial charge in [-0.3, -0.25) is 4.79 Å². The van der Waals surface area contributed by atoms with Gasteiger partial charge in [0.1, 0.15) is 11.7 Å². The highest BCUT2D eigenvalue weighted by molar-refractivity contribution is 7.99. The van der Waals surface area contributed by atoms with Crippen molar-refractivity contribution in [3.8, 4) is 10.8 Å². The second-order valence-corrected chi connectivity index (χ2v) is 6.00. The van der Waals surface area contributed by atoms with Crippen molar-refractivity contribution in [3.05, 3.63) is 29.5 Å². The van der Waals surface area contributed by atoms with E-state index in [0.29, 0.717) is 22.4 Å². The number of hydrogen-bond acceptors (Lipinski definition) is 6. The predicted molar refractivity (Wildman–Crippen MR) is 74.7 cm³/mol. The van der Waals surface area contributed by atoms with Gasteiger partial charge < -0.3 is 14.4 Å².